The van der Waals surface area contributed by atoms with Crippen LogP contribution < -0.4 is 0 Å². The van der Waals surface area contributed by atoms with Gasteiger partial charge in [-0.15, -0.1) is 0 Å². The number of allylic oxidation sites excluding steroid dienone is 4. The molecule has 16 heavy (non-hydrogen) atoms. The Labute approximate surface area is 99.9 Å². The van der Waals surface area contributed by atoms with Crippen molar-refractivity contribution in [2.45, 2.75) is 52.9 Å². The summed E-state index contributed by atoms with van der Waals surface area (Å²) in [6.07, 6.45) is 12.5. The first-order chi connectivity index (χ1) is 7.54. The number of hydrogen-bond acceptors (Lipinski definition) is 1. The molecule has 88 valence electrons. The van der Waals surface area contributed by atoms with E-state index in [4.69, 9.17) is 5.26 Å². The Kier molecular flexibility index (Phi) is 4.80. The lowest BCUT2D eigenvalue weighted by atomic mass is 9.78. The van der Waals surface area contributed by atoms with Crippen molar-refractivity contribution < 1.29 is 0 Å². The minimum absolute atomic E-state index is 0.182. The molecule has 0 fully saturated rings. The van der Waals surface area contributed by atoms with E-state index in [1.165, 1.54) is 31.3 Å². The van der Waals surface area contributed by atoms with Gasteiger partial charge >= 0.3 is 0 Å². The summed E-state index contributed by atoms with van der Waals surface area (Å²) < 4.78 is 0. The maximum Gasteiger partial charge on any atom is 0.0628 e. The number of rotatable bonds is 3. The molecule has 1 aliphatic rings. The zero-order valence-electron chi connectivity index (χ0n) is 10.8. The van der Waals surface area contributed by atoms with Crippen molar-refractivity contribution in [2.75, 3.05) is 0 Å². The highest BCUT2D eigenvalue weighted by Gasteiger charge is 2.21. The summed E-state index contributed by atoms with van der Waals surface area (Å²) in [7, 11) is 0. The Hall–Kier alpha value is -1.03. The van der Waals surface area contributed by atoms with Gasteiger partial charge in [0, 0.05) is 6.42 Å². The van der Waals surface area contributed by atoms with Gasteiger partial charge in [-0.25, -0.2) is 0 Å². The minimum atomic E-state index is 0.182. The van der Waals surface area contributed by atoms with Gasteiger partial charge in [0.25, 0.3) is 0 Å². The highest BCUT2D eigenvalue weighted by molar-refractivity contribution is 5.21. The monoisotopic (exact) mass is 217 g/mol. The van der Waals surface area contributed by atoms with E-state index in [2.05, 4.69) is 45.1 Å². The third-order valence-corrected chi connectivity index (χ3v) is 3.29. The average Bonchev–Trinajstić information content (AvgIpc) is 2.24. The molecule has 1 unspecified atom stereocenters. The Morgan fingerprint density at radius 3 is 2.69 bits per heavy atom. The molecule has 1 rings (SSSR count). The molecule has 1 nitrogen and oxygen atoms in total. The van der Waals surface area contributed by atoms with E-state index < -0.39 is 0 Å². The Morgan fingerprint density at radius 1 is 1.44 bits per heavy atom. The average molecular weight is 217 g/mol. The van der Waals surface area contributed by atoms with E-state index in [0.717, 1.165) is 0 Å². The lowest BCUT2D eigenvalue weighted by Crippen LogP contribution is -2.17. The van der Waals surface area contributed by atoms with Crippen molar-refractivity contribution in [3.05, 3.63) is 23.8 Å². The molecule has 0 saturated heterocycles. The summed E-state index contributed by atoms with van der Waals surface area (Å²) in [6.45, 7) is 6.61. The molecule has 1 atom stereocenters. The number of nitrogens with zero attached hydrogens (tertiary/aromatic N) is 1. The van der Waals surface area contributed by atoms with Crippen LogP contribution in [0, 0.1) is 22.7 Å². The molecule has 0 aromatic rings. The Morgan fingerprint density at radius 2 is 2.19 bits per heavy atom. The van der Waals surface area contributed by atoms with E-state index in [9.17, 15) is 0 Å². The molecule has 0 bridgehead atoms. The fourth-order valence-corrected chi connectivity index (χ4v) is 2.02. The van der Waals surface area contributed by atoms with Gasteiger partial charge in [-0.1, -0.05) is 44.6 Å². The molecule has 0 amide bonds. The van der Waals surface area contributed by atoms with Gasteiger partial charge in [-0.3, -0.25) is 0 Å². The van der Waals surface area contributed by atoms with Crippen LogP contribution in [-0.4, -0.2) is 0 Å². The number of hydrogen-bond donors (Lipinski definition) is 0. The van der Waals surface area contributed by atoms with Crippen LogP contribution in [0.15, 0.2) is 23.8 Å². The molecule has 0 aromatic carbocycles. The fourth-order valence-electron chi connectivity index (χ4n) is 2.02. The second-order valence-corrected chi connectivity index (χ2v) is 5.72. The highest BCUT2D eigenvalue weighted by atomic mass is 14.3. The van der Waals surface area contributed by atoms with Gasteiger partial charge in [0.2, 0.25) is 0 Å². The van der Waals surface area contributed by atoms with E-state index in [1.54, 1.807) is 0 Å². The standard InChI is InChI=1S/C15H23N/c1-15(2,3)14(11-12-16)10-9-13-7-5-4-6-8-13/h7,9-10,14H,4-6,8,11H2,1-3H3/b10-9+. The van der Waals surface area contributed by atoms with Crippen LogP contribution in [-0.2, 0) is 0 Å². The first kappa shape index (κ1) is 13.0. The zero-order chi connectivity index (χ0) is 12.0. The van der Waals surface area contributed by atoms with Crippen LogP contribution in [0.1, 0.15) is 52.9 Å². The topological polar surface area (TPSA) is 23.8 Å². The zero-order valence-corrected chi connectivity index (χ0v) is 10.8. The molecule has 0 spiro atoms. The number of nitriles is 1. The summed E-state index contributed by atoms with van der Waals surface area (Å²) in [5.41, 5.74) is 1.64. The Balaban J connectivity index is 2.64. The van der Waals surface area contributed by atoms with Crippen LogP contribution in [0.2, 0.25) is 0 Å². The van der Waals surface area contributed by atoms with Crippen molar-refractivity contribution in [1.29, 1.82) is 5.26 Å². The molecular weight excluding hydrogens is 194 g/mol. The van der Waals surface area contributed by atoms with Crippen LogP contribution >= 0.6 is 0 Å². The van der Waals surface area contributed by atoms with Crippen molar-refractivity contribution in [3.63, 3.8) is 0 Å². The predicted molar refractivity (Wildman–Crippen MR) is 68.9 cm³/mol. The van der Waals surface area contributed by atoms with Gasteiger partial charge in [-0.05, 0) is 37.0 Å². The maximum atomic E-state index is 8.84. The minimum Gasteiger partial charge on any atom is -0.198 e. The smallest absolute Gasteiger partial charge is 0.0628 e. The maximum absolute atomic E-state index is 8.84. The third-order valence-electron chi connectivity index (χ3n) is 3.29. The SMILES string of the molecule is CC(C)(C)C(/C=C/C1=CCCCC1)CC#N. The lowest BCUT2D eigenvalue weighted by molar-refractivity contribution is 0.297. The van der Waals surface area contributed by atoms with Crippen molar-refractivity contribution in [3.8, 4) is 6.07 Å². The van der Waals surface area contributed by atoms with E-state index in [0.29, 0.717) is 12.3 Å². The first-order valence-electron chi connectivity index (χ1n) is 6.28. The van der Waals surface area contributed by atoms with Crippen molar-refractivity contribution in [1.82, 2.24) is 0 Å². The predicted octanol–water partition coefficient (Wildman–Crippen LogP) is 4.62. The molecule has 1 aliphatic carbocycles. The third kappa shape index (κ3) is 4.23. The molecule has 0 radical (unpaired) electrons. The Bertz CT molecular complexity index is 309. The second-order valence-electron chi connectivity index (χ2n) is 5.72. The summed E-state index contributed by atoms with van der Waals surface area (Å²) in [5.74, 6) is 0.361. The quantitative estimate of drug-likeness (QED) is 0.676. The molecular formula is C15H23N. The second kappa shape index (κ2) is 5.89. The molecule has 0 aliphatic heterocycles. The first-order valence-corrected chi connectivity index (χ1v) is 6.28. The molecule has 0 aromatic heterocycles. The van der Waals surface area contributed by atoms with Gasteiger partial charge < -0.3 is 0 Å². The van der Waals surface area contributed by atoms with Crippen LogP contribution in [0.25, 0.3) is 0 Å². The molecule has 1 heteroatoms. The van der Waals surface area contributed by atoms with Gasteiger partial charge in [0.15, 0.2) is 0 Å². The van der Waals surface area contributed by atoms with E-state index in [-0.39, 0.29) is 5.41 Å². The van der Waals surface area contributed by atoms with Crippen LogP contribution in [0.3, 0.4) is 0 Å². The van der Waals surface area contributed by atoms with Gasteiger partial charge in [0.05, 0.1) is 6.07 Å². The van der Waals surface area contributed by atoms with Crippen molar-refractivity contribution >= 4 is 0 Å². The van der Waals surface area contributed by atoms with Crippen molar-refractivity contribution in [2.24, 2.45) is 11.3 Å². The van der Waals surface area contributed by atoms with Gasteiger partial charge in [-0.2, -0.15) is 5.26 Å². The lowest BCUT2D eigenvalue weighted by Gasteiger charge is -2.26. The molecule has 0 saturated carbocycles. The largest absolute Gasteiger partial charge is 0.198 e. The van der Waals surface area contributed by atoms with Gasteiger partial charge in [0.1, 0.15) is 0 Å². The highest BCUT2D eigenvalue weighted by Crippen LogP contribution is 2.30. The fraction of sp³-hybridized carbons (Fsp3) is 0.667. The summed E-state index contributed by atoms with van der Waals surface area (Å²) in [5, 5.41) is 8.84. The summed E-state index contributed by atoms with van der Waals surface area (Å²) >= 11 is 0. The molecule has 0 N–H and O–H groups in total. The summed E-state index contributed by atoms with van der Waals surface area (Å²) in [6, 6.07) is 2.29. The van der Waals surface area contributed by atoms with E-state index in [1.807, 2.05) is 0 Å². The molecule has 0 heterocycles. The van der Waals surface area contributed by atoms with E-state index >= 15 is 0 Å². The van der Waals surface area contributed by atoms with Crippen LogP contribution in [0.5, 0.6) is 0 Å². The van der Waals surface area contributed by atoms with Crippen LogP contribution in [0.4, 0.5) is 0 Å². The normalized spacial score (nSPS) is 19.2. The summed E-state index contributed by atoms with van der Waals surface area (Å²) in [4.78, 5) is 0.